The van der Waals surface area contributed by atoms with Crippen LogP contribution in [-0.4, -0.2) is 55.7 Å². The van der Waals surface area contributed by atoms with Crippen LogP contribution in [0.25, 0.3) is 0 Å². The summed E-state index contributed by atoms with van der Waals surface area (Å²) < 4.78 is 5.71. The topological polar surface area (TPSA) is 53.6 Å². The molecule has 23 heavy (non-hydrogen) atoms. The number of carbonyl (C=O) groups is 1. The second-order valence-electron chi connectivity index (χ2n) is 6.53. The van der Waals surface area contributed by atoms with E-state index in [0.717, 1.165) is 52.0 Å². The van der Waals surface area contributed by atoms with Gasteiger partial charge in [0.1, 0.15) is 6.61 Å². The molecule has 2 N–H and O–H groups in total. The molecule has 3 rings (SSSR count). The molecule has 2 fully saturated rings. The van der Waals surface area contributed by atoms with Crippen LogP contribution in [0.4, 0.5) is 0 Å². The number of rotatable bonds is 6. The maximum Gasteiger partial charge on any atom is 0.246 e. The quantitative estimate of drug-likeness (QED) is 0.826. The number of nitrogens with one attached hydrogen (secondary N) is 2. The van der Waals surface area contributed by atoms with Crippen molar-refractivity contribution in [3.8, 4) is 0 Å². The summed E-state index contributed by atoms with van der Waals surface area (Å²) in [5, 5.41) is 6.41. The van der Waals surface area contributed by atoms with Gasteiger partial charge in [0.25, 0.3) is 0 Å². The van der Waals surface area contributed by atoms with Crippen LogP contribution in [0.2, 0.25) is 0 Å². The Labute approximate surface area is 138 Å². The van der Waals surface area contributed by atoms with Crippen molar-refractivity contribution in [1.82, 2.24) is 15.5 Å². The summed E-state index contributed by atoms with van der Waals surface area (Å²) in [5.41, 5.74) is 1.33. The number of piperidine rings is 1. The Hall–Kier alpha value is -1.43. The van der Waals surface area contributed by atoms with Crippen molar-refractivity contribution in [1.29, 1.82) is 0 Å². The molecule has 5 nitrogen and oxygen atoms in total. The monoisotopic (exact) mass is 317 g/mol. The molecule has 1 atom stereocenters. The van der Waals surface area contributed by atoms with Crippen molar-refractivity contribution >= 4 is 5.91 Å². The first-order valence-corrected chi connectivity index (χ1v) is 8.67. The number of benzene rings is 1. The Morgan fingerprint density at radius 1 is 1.22 bits per heavy atom. The van der Waals surface area contributed by atoms with E-state index in [-0.39, 0.29) is 24.7 Å². The van der Waals surface area contributed by atoms with Crippen molar-refractivity contribution < 1.29 is 9.53 Å². The average molecular weight is 317 g/mol. The predicted molar refractivity (Wildman–Crippen MR) is 90.1 cm³/mol. The molecule has 0 radical (unpaired) electrons. The van der Waals surface area contributed by atoms with Crippen molar-refractivity contribution in [3.63, 3.8) is 0 Å². The van der Waals surface area contributed by atoms with Gasteiger partial charge in [0.05, 0.1) is 6.10 Å². The van der Waals surface area contributed by atoms with E-state index >= 15 is 0 Å². The molecule has 0 bridgehead atoms. The van der Waals surface area contributed by atoms with Gasteiger partial charge in [-0.3, -0.25) is 9.69 Å². The molecule has 1 unspecified atom stereocenters. The third-order valence-corrected chi connectivity index (χ3v) is 4.62. The van der Waals surface area contributed by atoms with Gasteiger partial charge in [-0.15, -0.1) is 0 Å². The minimum atomic E-state index is 0.0232. The zero-order valence-corrected chi connectivity index (χ0v) is 13.7. The Morgan fingerprint density at radius 2 is 2.00 bits per heavy atom. The fourth-order valence-corrected chi connectivity index (χ4v) is 3.36. The number of ether oxygens (including phenoxy) is 1. The zero-order chi connectivity index (χ0) is 15.9. The highest BCUT2D eigenvalue weighted by Gasteiger charge is 2.24. The van der Waals surface area contributed by atoms with Crippen molar-refractivity contribution in [2.24, 2.45) is 0 Å². The molecule has 2 aliphatic rings. The average Bonchev–Trinajstić information content (AvgIpc) is 3.02. The first-order chi connectivity index (χ1) is 11.3. The Bertz CT molecular complexity index is 488. The van der Waals surface area contributed by atoms with E-state index < -0.39 is 0 Å². The van der Waals surface area contributed by atoms with Gasteiger partial charge in [0, 0.05) is 25.7 Å². The van der Waals surface area contributed by atoms with Crippen LogP contribution in [-0.2, 0) is 16.1 Å². The molecule has 2 aliphatic heterocycles. The third kappa shape index (κ3) is 5.30. The van der Waals surface area contributed by atoms with Crippen LogP contribution >= 0.6 is 0 Å². The van der Waals surface area contributed by atoms with Gasteiger partial charge >= 0.3 is 0 Å². The number of hydrogen-bond acceptors (Lipinski definition) is 4. The molecule has 0 aromatic heterocycles. The molecule has 0 aliphatic carbocycles. The zero-order valence-electron chi connectivity index (χ0n) is 13.7. The first kappa shape index (κ1) is 16.4. The minimum absolute atomic E-state index is 0.0232. The predicted octanol–water partition coefficient (Wildman–Crippen LogP) is 1.15. The molecule has 2 heterocycles. The van der Waals surface area contributed by atoms with E-state index in [1.165, 1.54) is 5.56 Å². The fraction of sp³-hybridized carbons (Fsp3) is 0.611. The lowest BCUT2D eigenvalue weighted by Gasteiger charge is -2.23. The Balaban J connectivity index is 1.35. The molecule has 0 spiro atoms. The highest BCUT2D eigenvalue weighted by molar-refractivity contribution is 5.77. The summed E-state index contributed by atoms with van der Waals surface area (Å²) in [6.07, 6.45) is 3.26. The largest absolute Gasteiger partial charge is 0.368 e. The van der Waals surface area contributed by atoms with Crippen LogP contribution in [0.1, 0.15) is 24.8 Å². The molecule has 126 valence electrons. The number of amides is 1. The Morgan fingerprint density at radius 3 is 2.78 bits per heavy atom. The molecule has 1 aromatic rings. The number of carbonyl (C=O) groups excluding carboxylic acids is 1. The van der Waals surface area contributed by atoms with Crippen LogP contribution in [0.3, 0.4) is 0 Å². The van der Waals surface area contributed by atoms with Gasteiger partial charge in [-0.25, -0.2) is 0 Å². The fourth-order valence-electron chi connectivity index (χ4n) is 3.36. The second kappa shape index (κ2) is 8.43. The summed E-state index contributed by atoms with van der Waals surface area (Å²) in [6.45, 7) is 5.09. The maximum absolute atomic E-state index is 12.0. The molecule has 1 amide bonds. The lowest BCUT2D eigenvalue weighted by Crippen LogP contribution is -2.40. The molecular weight excluding hydrogens is 290 g/mol. The lowest BCUT2D eigenvalue weighted by atomic mass is 10.1. The van der Waals surface area contributed by atoms with E-state index in [2.05, 4.69) is 39.8 Å². The normalized spacial score (nSPS) is 23.0. The van der Waals surface area contributed by atoms with E-state index in [1.807, 2.05) is 6.07 Å². The molecule has 0 saturated carbocycles. The minimum Gasteiger partial charge on any atom is -0.368 e. The molecule has 1 aromatic carbocycles. The van der Waals surface area contributed by atoms with E-state index in [4.69, 9.17) is 4.74 Å². The smallest absolute Gasteiger partial charge is 0.246 e. The van der Waals surface area contributed by atoms with Crippen LogP contribution in [0.5, 0.6) is 0 Å². The highest BCUT2D eigenvalue weighted by atomic mass is 16.5. The molecular formula is C18H27N3O2. The van der Waals surface area contributed by atoms with Crippen LogP contribution < -0.4 is 10.6 Å². The summed E-state index contributed by atoms with van der Waals surface area (Å²) in [5.74, 6) is 0.0232. The molecule has 2 saturated heterocycles. The standard InChI is InChI=1S/C18H27N3O2/c22-18(14-23-17-6-9-19-10-7-17)20-16-8-11-21(13-16)12-15-4-2-1-3-5-15/h1-5,16-17,19H,6-14H2,(H,20,22). The van der Waals surface area contributed by atoms with E-state index in [1.54, 1.807) is 0 Å². The van der Waals surface area contributed by atoms with Gasteiger partial charge in [-0.05, 0) is 37.9 Å². The van der Waals surface area contributed by atoms with Crippen LogP contribution in [0, 0.1) is 0 Å². The van der Waals surface area contributed by atoms with Gasteiger partial charge in [-0.2, -0.15) is 0 Å². The maximum atomic E-state index is 12.0. The van der Waals surface area contributed by atoms with Crippen molar-refractivity contribution in [3.05, 3.63) is 35.9 Å². The van der Waals surface area contributed by atoms with E-state index in [9.17, 15) is 4.79 Å². The third-order valence-electron chi connectivity index (χ3n) is 4.62. The summed E-state index contributed by atoms with van der Waals surface area (Å²) in [6, 6.07) is 10.7. The summed E-state index contributed by atoms with van der Waals surface area (Å²) in [4.78, 5) is 14.4. The SMILES string of the molecule is O=C(COC1CCNCC1)NC1CCN(Cc2ccccc2)C1. The number of hydrogen-bond donors (Lipinski definition) is 2. The molecule has 5 heteroatoms. The summed E-state index contributed by atoms with van der Waals surface area (Å²) in [7, 11) is 0. The van der Waals surface area contributed by atoms with Crippen molar-refractivity contribution in [2.45, 2.75) is 38.0 Å². The first-order valence-electron chi connectivity index (χ1n) is 8.67. The van der Waals surface area contributed by atoms with Crippen molar-refractivity contribution in [2.75, 3.05) is 32.8 Å². The van der Waals surface area contributed by atoms with Crippen LogP contribution in [0.15, 0.2) is 30.3 Å². The van der Waals surface area contributed by atoms with Gasteiger partial charge in [0.2, 0.25) is 5.91 Å². The lowest BCUT2D eigenvalue weighted by molar-refractivity contribution is -0.128. The highest BCUT2D eigenvalue weighted by Crippen LogP contribution is 2.13. The summed E-state index contributed by atoms with van der Waals surface area (Å²) >= 11 is 0. The van der Waals surface area contributed by atoms with Gasteiger partial charge in [-0.1, -0.05) is 30.3 Å². The number of nitrogens with zero attached hydrogens (tertiary/aromatic N) is 1. The van der Waals surface area contributed by atoms with Gasteiger partial charge in [0.15, 0.2) is 0 Å². The second-order valence-corrected chi connectivity index (χ2v) is 6.53. The Kier molecular flexibility index (Phi) is 6.02. The van der Waals surface area contributed by atoms with E-state index in [0.29, 0.717) is 0 Å². The van der Waals surface area contributed by atoms with Gasteiger partial charge < -0.3 is 15.4 Å². The number of likely N-dealkylation sites (tertiary alicyclic amines) is 1.